The summed E-state index contributed by atoms with van der Waals surface area (Å²) in [5, 5.41) is 16.6. The molecule has 0 radical (unpaired) electrons. The van der Waals surface area contributed by atoms with Crippen LogP contribution in [0.3, 0.4) is 0 Å². The van der Waals surface area contributed by atoms with Crippen LogP contribution in [-0.4, -0.2) is 45.9 Å². The van der Waals surface area contributed by atoms with Gasteiger partial charge in [0.05, 0.1) is 6.10 Å². The molecule has 9 heavy (non-hydrogen) atoms. The SMILES string of the molecule is CC(O)C(N)C(=O)O.[GeH4]. The summed E-state index contributed by atoms with van der Waals surface area (Å²) >= 11 is 0. The minimum absolute atomic E-state index is 0. The molecule has 2 unspecified atom stereocenters. The molecule has 2 atom stereocenters. The van der Waals surface area contributed by atoms with Crippen LogP contribution in [0.1, 0.15) is 6.92 Å². The molecule has 0 amide bonds. The molecule has 0 heterocycles. The van der Waals surface area contributed by atoms with E-state index in [4.69, 9.17) is 15.9 Å². The van der Waals surface area contributed by atoms with E-state index in [1.54, 1.807) is 0 Å². The van der Waals surface area contributed by atoms with Crippen molar-refractivity contribution in [2.45, 2.75) is 19.1 Å². The van der Waals surface area contributed by atoms with Crippen LogP contribution in [0, 0.1) is 0 Å². The molecule has 0 fully saturated rings. The minimum atomic E-state index is -1.18. The second-order valence-corrected chi connectivity index (χ2v) is 1.60. The van der Waals surface area contributed by atoms with E-state index in [2.05, 4.69) is 0 Å². The van der Waals surface area contributed by atoms with E-state index in [1.165, 1.54) is 6.92 Å². The van der Waals surface area contributed by atoms with Crippen LogP contribution in [0.15, 0.2) is 0 Å². The predicted octanol–water partition coefficient (Wildman–Crippen LogP) is -2.67. The van der Waals surface area contributed by atoms with Gasteiger partial charge in [-0.25, -0.2) is 0 Å². The fraction of sp³-hybridized carbons (Fsp3) is 0.750. The van der Waals surface area contributed by atoms with Crippen molar-refractivity contribution in [3.05, 3.63) is 0 Å². The van der Waals surface area contributed by atoms with Gasteiger partial charge in [0, 0.05) is 0 Å². The third-order valence-electron chi connectivity index (χ3n) is 0.805. The Kier molecular flexibility index (Phi) is 6.21. The Bertz CT molecular complexity index is 95.8. The summed E-state index contributed by atoms with van der Waals surface area (Å²) in [6, 6.07) is -1.16. The molecule has 0 aromatic rings. The number of carboxylic acid groups (broad SMARTS) is 1. The number of hydrogen-bond acceptors (Lipinski definition) is 3. The first kappa shape index (κ1) is 11.7. The monoisotopic (exact) mass is 197 g/mol. The van der Waals surface area contributed by atoms with Crippen molar-refractivity contribution in [2.24, 2.45) is 5.73 Å². The van der Waals surface area contributed by atoms with Crippen molar-refractivity contribution in [3.8, 4) is 0 Å². The van der Waals surface area contributed by atoms with Gasteiger partial charge in [0.15, 0.2) is 0 Å². The predicted molar refractivity (Wildman–Crippen MR) is 38.6 cm³/mol. The van der Waals surface area contributed by atoms with Crippen molar-refractivity contribution in [1.82, 2.24) is 0 Å². The van der Waals surface area contributed by atoms with Gasteiger partial charge in [0.25, 0.3) is 0 Å². The van der Waals surface area contributed by atoms with E-state index >= 15 is 0 Å². The Morgan fingerprint density at radius 2 is 2.00 bits per heavy atom. The molecule has 0 aliphatic heterocycles. The normalized spacial score (nSPS) is 15.4. The van der Waals surface area contributed by atoms with Gasteiger partial charge in [-0.15, -0.1) is 0 Å². The van der Waals surface area contributed by atoms with Gasteiger partial charge in [0.1, 0.15) is 6.04 Å². The molecule has 0 bridgehead atoms. The first-order valence-electron chi connectivity index (χ1n) is 2.22. The Hall–Kier alpha value is -0.0671. The number of rotatable bonds is 2. The van der Waals surface area contributed by atoms with Crippen molar-refractivity contribution in [2.75, 3.05) is 0 Å². The number of hydrogen-bond donors (Lipinski definition) is 3. The van der Waals surface area contributed by atoms with Crippen molar-refractivity contribution in [1.29, 1.82) is 0 Å². The molecular formula is C4H13GeNO3. The van der Waals surface area contributed by atoms with Gasteiger partial charge >= 0.3 is 23.6 Å². The Labute approximate surface area is 64.0 Å². The summed E-state index contributed by atoms with van der Waals surface area (Å²) in [5.41, 5.74) is 4.91. The van der Waals surface area contributed by atoms with E-state index in [9.17, 15) is 4.79 Å². The first-order valence-corrected chi connectivity index (χ1v) is 2.22. The average Bonchev–Trinajstić information content (AvgIpc) is 1.64. The van der Waals surface area contributed by atoms with Crippen molar-refractivity contribution >= 4 is 23.6 Å². The molecule has 56 valence electrons. The summed E-state index contributed by atoms with van der Waals surface area (Å²) in [5.74, 6) is -1.18. The van der Waals surface area contributed by atoms with Crippen molar-refractivity contribution in [3.63, 3.8) is 0 Å². The zero-order valence-electron chi connectivity index (χ0n) is 4.53. The van der Waals surface area contributed by atoms with E-state index in [0.717, 1.165) is 0 Å². The Balaban J connectivity index is 0. The first-order chi connectivity index (χ1) is 3.55. The second-order valence-electron chi connectivity index (χ2n) is 1.60. The maximum absolute atomic E-state index is 9.86. The van der Waals surface area contributed by atoms with E-state index in [1.807, 2.05) is 0 Å². The molecule has 0 aromatic carbocycles. The summed E-state index contributed by atoms with van der Waals surface area (Å²) in [7, 11) is 0. The van der Waals surface area contributed by atoms with Gasteiger partial charge in [-0.1, -0.05) is 0 Å². The molecule has 4 N–H and O–H groups in total. The van der Waals surface area contributed by atoms with Crippen LogP contribution in [-0.2, 0) is 4.79 Å². The second kappa shape index (κ2) is 4.78. The van der Waals surface area contributed by atoms with E-state index in [0.29, 0.717) is 0 Å². The third kappa shape index (κ3) is 4.44. The van der Waals surface area contributed by atoms with Crippen LogP contribution in [0.25, 0.3) is 0 Å². The molecule has 5 heteroatoms. The summed E-state index contributed by atoms with van der Waals surface area (Å²) in [6.07, 6.45) is -0.979. The van der Waals surface area contributed by atoms with Crippen LogP contribution >= 0.6 is 0 Å². The topological polar surface area (TPSA) is 83.5 Å². The summed E-state index contributed by atoms with van der Waals surface area (Å²) in [6.45, 7) is 1.33. The fourth-order valence-corrected chi connectivity index (χ4v) is 0.206. The molecule has 0 saturated carbocycles. The quantitative estimate of drug-likeness (QED) is 0.420. The molecular weight excluding hydrogens is 183 g/mol. The number of aliphatic carboxylic acids is 1. The summed E-state index contributed by atoms with van der Waals surface area (Å²) in [4.78, 5) is 9.86. The maximum atomic E-state index is 9.86. The zero-order valence-corrected chi connectivity index (χ0v) is 4.53. The molecule has 0 saturated heterocycles. The van der Waals surface area contributed by atoms with E-state index < -0.39 is 18.1 Å². The number of carbonyl (C=O) groups is 1. The van der Waals surface area contributed by atoms with Crippen LogP contribution < -0.4 is 5.73 Å². The van der Waals surface area contributed by atoms with E-state index in [-0.39, 0.29) is 17.6 Å². The molecule has 4 nitrogen and oxygen atoms in total. The molecule has 0 rings (SSSR count). The van der Waals surface area contributed by atoms with Crippen LogP contribution in [0.4, 0.5) is 0 Å². The Morgan fingerprint density at radius 3 is 2.00 bits per heavy atom. The van der Waals surface area contributed by atoms with Crippen molar-refractivity contribution < 1.29 is 15.0 Å². The van der Waals surface area contributed by atoms with Gasteiger partial charge in [-0.05, 0) is 6.92 Å². The molecule has 0 aromatic heterocycles. The van der Waals surface area contributed by atoms with Crippen LogP contribution in [0.2, 0.25) is 0 Å². The fourth-order valence-electron chi connectivity index (χ4n) is 0.206. The number of nitrogens with two attached hydrogens (primary N) is 1. The standard InChI is InChI=1S/C4H9NO3.GeH4/c1-2(6)3(5)4(7)8;/h2-3,6H,5H2,1H3,(H,7,8);1H4. The Morgan fingerprint density at radius 1 is 1.67 bits per heavy atom. The van der Waals surface area contributed by atoms with Gasteiger partial charge < -0.3 is 15.9 Å². The number of aliphatic hydroxyl groups excluding tert-OH is 1. The zero-order chi connectivity index (χ0) is 6.73. The number of carboxylic acids is 1. The molecule has 0 aliphatic rings. The van der Waals surface area contributed by atoms with Gasteiger partial charge in [0.2, 0.25) is 0 Å². The van der Waals surface area contributed by atoms with Gasteiger partial charge in [-0.2, -0.15) is 0 Å². The third-order valence-corrected chi connectivity index (χ3v) is 0.805. The molecule has 0 spiro atoms. The summed E-state index contributed by atoms with van der Waals surface area (Å²) < 4.78 is 0. The average molecular weight is 196 g/mol. The number of aliphatic hydroxyl groups is 1. The van der Waals surface area contributed by atoms with Gasteiger partial charge in [-0.3, -0.25) is 4.79 Å². The molecule has 0 aliphatic carbocycles. The van der Waals surface area contributed by atoms with Crippen LogP contribution in [0.5, 0.6) is 0 Å².